The Morgan fingerprint density at radius 3 is 2.64 bits per heavy atom. The number of nitrogens with zero attached hydrogens (tertiary/aromatic N) is 3. The van der Waals surface area contributed by atoms with Crippen LogP contribution < -0.4 is 5.32 Å². The number of amides is 1. The van der Waals surface area contributed by atoms with E-state index in [1.54, 1.807) is 26.5 Å². The van der Waals surface area contributed by atoms with Gasteiger partial charge in [-0.15, -0.1) is 0 Å². The van der Waals surface area contributed by atoms with Gasteiger partial charge < -0.3 is 10.2 Å². The molecule has 5 nitrogen and oxygen atoms in total. The molecule has 1 amide bonds. The topological polar surface area (TPSA) is 58.1 Å². The lowest BCUT2D eigenvalue weighted by molar-refractivity contribution is -0.126. The largest absolute Gasteiger partial charge is 0.359 e. The van der Waals surface area contributed by atoms with Crippen LogP contribution in [0.2, 0.25) is 0 Å². The number of aromatic nitrogens is 2. The maximum atomic E-state index is 11.2. The first-order valence-corrected chi connectivity index (χ1v) is 4.33. The first-order chi connectivity index (χ1) is 6.61. The Morgan fingerprint density at radius 1 is 1.43 bits per heavy atom. The van der Waals surface area contributed by atoms with Crippen LogP contribution in [-0.4, -0.2) is 41.4 Å². The number of hydrogen-bond donors (Lipinski definition) is 1. The SMILES string of the molecule is Cc1nccnc1NCC(=O)N(C)C. The van der Waals surface area contributed by atoms with Gasteiger partial charge in [-0.05, 0) is 6.92 Å². The summed E-state index contributed by atoms with van der Waals surface area (Å²) in [5, 5.41) is 2.93. The molecule has 0 spiro atoms. The van der Waals surface area contributed by atoms with Crippen molar-refractivity contribution in [3.8, 4) is 0 Å². The summed E-state index contributed by atoms with van der Waals surface area (Å²) >= 11 is 0. The van der Waals surface area contributed by atoms with Crippen LogP contribution in [0.5, 0.6) is 0 Å². The molecule has 1 N–H and O–H groups in total. The fraction of sp³-hybridized carbons (Fsp3) is 0.444. The number of nitrogens with one attached hydrogen (secondary N) is 1. The maximum absolute atomic E-state index is 11.2. The van der Waals surface area contributed by atoms with Crippen molar-refractivity contribution in [1.29, 1.82) is 0 Å². The van der Waals surface area contributed by atoms with E-state index in [0.717, 1.165) is 5.69 Å². The molecule has 14 heavy (non-hydrogen) atoms. The smallest absolute Gasteiger partial charge is 0.241 e. The summed E-state index contributed by atoms with van der Waals surface area (Å²) in [6.45, 7) is 2.09. The molecular formula is C9H14N4O. The third kappa shape index (κ3) is 2.69. The molecule has 1 aromatic heterocycles. The molecule has 1 rings (SSSR count). The molecule has 0 aromatic carbocycles. The van der Waals surface area contributed by atoms with Gasteiger partial charge in [-0.1, -0.05) is 0 Å². The monoisotopic (exact) mass is 194 g/mol. The van der Waals surface area contributed by atoms with Gasteiger partial charge in [0.05, 0.1) is 12.2 Å². The van der Waals surface area contributed by atoms with Crippen molar-refractivity contribution in [2.24, 2.45) is 0 Å². The van der Waals surface area contributed by atoms with Crippen LogP contribution in [0.1, 0.15) is 5.69 Å². The molecule has 0 atom stereocenters. The summed E-state index contributed by atoms with van der Waals surface area (Å²) in [6, 6.07) is 0. The molecular weight excluding hydrogens is 180 g/mol. The van der Waals surface area contributed by atoms with Crippen LogP contribution in [0, 0.1) is 6.92 Å². The quantitative estimate of drug-likeness (QED) is 0.751. The zero-order valence-corrected chi connectivity index (χ0v) is 8.61. The Labute approximate surface area is 83.2 Å². The zero-order chi connectivity index (χ0) is 10.6. The lowest BCUT2D eigenvalue weighted by atomic mass is 10.4. The molecule has 0 bridgehead atoms. The zero-order valence-electron chi connectivity index (χ0n) is 8.61. The number of hydrogen-bond acceptors (Lipinski definition) is 4. The Bertz CT molecular complexity index is 324. The lowest BCUT2D eigenvalue weighted by Gasteiger charge is -2.11. The van der Waals surface area contributed by atoms with E-state index in [0.29, 0.717) is 5.82 Å². The minimum atomic E-state index is 0.00931. The third-order valence-corrected chi connectivity index (χ3v) is 1.79. The van der Waals surface area contributed by atoms with Gasteiger partial charge in [0.25, 0.3) is 0 Å². The number of rotatable bonds is 3. The molecule has 5 heteroatoms. The Morgan fingerprint density at radius 2 is 2.07 bits per heavy atom. The van der Waals surface area contributed by atoms with Crippen molar-refractivity contribution >= 4 is 11.7 Å². The fourth-order valence-electron chi connectivity index (χ4n) is 0.899. The molecule has 76 valence electrons. The molecule has 0 saturated carbocycles. The van der Waals surface area contributed by atoms with E-state index in [1.165, 1.54) is 4.90 Å². The van der Waals surface area contributed by atoms with Crippen LogP contribution in [-0.2, 0) is 4.79 Å². The van der Waals surface area contributed by atoms with E-state index in [1.807, 2.05) is 6.92 Å². The summed E-state index contributed by atoms with van der Waals surface area (Å²) < 4.78 is 0. The molecule has 1 aromatic rings. The van der Waals surface area contributed by atoms with E-state index >= 15 is 0 Å². The summed E-state index contributed by atoms with van der Waals surface area (Å²) in [5.41, 5.74) is 0.791. The normalized spacial score (nSPS) is 9.64. The van der Waals surface area contributed by atoms with E-state index in [4.69, 9.17) is 0 Å². The van der Waals surface area contributed by atoms with Gasteiger partial charge in [0.2, 0.25) is 5.91 Å². The average Bonchev–Trinajstić information content (AvgIpc) is 2.16. The highest BCUT2D eigenvalue weighted by molar-refractivity contribution is 5.80. The number of likely N-dealkylation sites (N-methyl/N-ethyl adjacent to an activating group) is 1. The highest BCUT2D eigenvalue weighted by Gasteiger charge is 2.05. The van der Waals surface area contributed by atoms with E-state index in [9.17, 15) is 4.79 Å². The van der Waals surface area contributed by atoms with Crippen LogP contribution in [0.4, 0.5) is 5.82 Å². The molecule has 0 radical (unpaired) electrons. The van der Waals surface area contributed by atoms with Crippen molar-refractivity contribution in [3.05, 3.63) is 18.1 Å². The highest BCUT2D eigenvalue weighted by Crippen LogP contribution is 2.04. The van der Waals surface area contributed by atoms with Crippen LogP contribution in [0.3, 0.4) is 0 Å². The van der Waals surface area contributed by atoms with E-state index < -0.39 is 0 Å². The van der Waals surface area contributed by atoms with Gasteiger partial charge in [-0.3, -0.25) is 9.78 Å². The van der Waals surface area contributed by atoms with E-state index in [-0.39, 0.29) is 12.5 Å². The second-order valence-corrected chi connectivity index (χ2v) is 3.13. The standard InChI is InChI=1S/C9H14N4O/c1-7-9(11-5-4-10-7)12-6-8(14)13(2)3/h4-5H,6H2,1-3H3,(H,11,12). The van der Waals surface area contributed by atoms with Crippen LogP contribution in [0.15, 0.2) is 12.4 Å². The molecule has 0 saturated heterocycles. The lowest BCUT2D eigenvalue weighted by Crippen LogP contribution is -2.29. The summed E-state index contributed by atoms with van der Waals surface area (Å²) in [6.07, 6.45) is 3.21. The van der Waals surface area contributed by atoms with Crippen molar-refractivity contribution in [3.63, 3.8) is 0 Å². The minimum Gasteiger partial charge on any atom is -0.359 e. The van der Waals surface area contributed by atoms with Crippen molar-refractivity contribution < 1.29 is 4.79 Å². The first kappa shape index (κ1) is 10.4. The Kier molecular flexibility index (Phi) is 3.39. The molecule has 0 aliphatic heterocycles. The molecule has 1 heterocycles. The predicted octanol–water partition coefficient (Wildman–Crippen LogP) is 0.285. The van der Waals surface area contributed by atoms with Gasteiger partial charge in [0.1, 0.15) is 5.82 Å². The Hall–Kier alpha value is -1.65. The van der Waals surface area contributed by atoms with Crippen molar-refractivity contribution in [1.82, 2.24) is 14.9 Å². The first-order valence-electron chi connectivity index (χ1n) is 4.33. The highest BCUT2D eigenvalue weighted by atomic mass is 16.2. The van der Waals surface area contributed by atoms with Gasteiger partial charge in [0, 0.05) is 26.5 Å². The van der Waals surface area contributed by atoms with E-state index in [2.05, 4.69) is 15.3 Å². The number of carbonyl (C=O) groups excluding carboxylic acids is 1. The molecule has 0 fully saturated rings. The average molecular weight is 194 g/mol. The Balaban J connectivity index is 2.54. The van der Waals surface area contributed by atoms with Crippen molar-refractivity contribution in [2.75, 3.05) is 26.0 Å². The van der Waals surface area contributed by atoms with Crippen LogP contribution >= 0.6 is 0 Å². The second kappa shape index (κ2) is 4.55. The minimum absolute atomic E-state index is 0.00931. The maximum Gasteiger partial charge on any atom is 0.241 e. The summed E-state index contributed by atoms with van der Waals surface area (Å²) in [4.78, 5) is 20.9. The van der Waals surface area contributed by atoms with Gasteiger partial charge in [-0.25, -0.2) is 4.98 Å². The second-order valence-electron chi connectivity index (χ2n) is 3.13. The summed E-state index contributed by atoms with van der Waals surface area (Å²) in [7, 11) is 3.43. The number of carbonyl (C=O) groups is 1. The predicted molar refractivity (Wildman–Crippen MR) is 54.0 cm³/mol. The number of anilines is 1. The third-order valence-electron chi connectivity index (χ3n) is 1.79. The summed E-state index contributed by atoms with van der Waals surface area (Å²) in [5.74, 6) is 0.665. The van der Waals surface area contributed by atoms with Gasteiger partial charge in [0.15, 0.2) is 0 Å². The van der Waals surface area contributed by atoms with Gasteiger partial charge in [-0.2, -0.15) is 0 Å². The molecule has 0 aliphatic carbocycles. The van der Waals surface area contributed by atoms with Crippen molar-refractivity contribution in [2.45, 2.75) is 6.92 Å². The van der Waals surface area contributed by atoms with Crippen LogP contribution in [0.25, 0.3) is 0 Å². The van der Waals surface area contributed by atoms with Gasteiger partial charge >= 0.3 is 0 Å². The molecule has 0 unspecified atom stereocenters. The fourth-order valence-corrected chi connectivity index (χ4v) is 0.899. The number of aryl methyl sites for hydroxylation is 1. The molecule has 0 aliphatic rings.